The van der Waals surface area contributed by atoms with Gasteiger partial charge in [0.2, 0.25) is 0 Å². The van der Waals surface area contributed by atoms with Crippen LogP contribution in [0.25, 0.3) is 0 Å². The van der Waals surface area contributed by atoms with E-state index in [0.717, 1.165) is 37.2 Å². The van der Waals surface area contributed by atoms with Gasteiger partial charge in [-0.1, -0.05) is 32.4 Å². The Hall–Kier alpha value is -0.870. The lowest BCUT2D eigenvalue weighted by Gasteiger charge is -2.25. The number of rotatable bonds is 7. The highest BCUT2D eigenvalue weighted by Crippen LogP contribution is 2.25. The van der Waals surface area contributed by atoms with Crippen LogP contribution in [0.1, 0.15) is 39.2 Å². The van der Waals surface area contributed by atoms with Gasteiger partial charge >= 0.3 is 0 Å². The molecule has 0 fully saturated rings. The maximum Gasteiger partial charge on any atom is 0.137 e. The van der Waals surface area contributed by atoms with Gasteiger partial charge in [-0.05, 0) is 24.7 Å². The van der Waals surface area contributed by atoms with Gasteiger partial charge in [-0.3, -0.25) is 0 Å². The topological polar surface area (TPSA) is 58.0 Å². The Balaban J connectivity index is 2.65. The molecule has 1 aromatic heterocycles. The Morgan fingerprint density at radius 2 is 2.11 bits per heavy atom. The average Bonchev–Trinajstić information content (AvgIpc) is 2.34. The Morgan fingerprint density at radius 1 is 1.39 bits per heavy atom. The third-order valence-electron chi connectivity index (χ3n) is 2.99. The lowest BCUT2D eigenvalue weighted by Crippen LogP contribution is -2.24. The first-order valence-electron chi connectivity index (χ1n) is 6.34. The van der Waals surface area contributed by atoms with Crippen LogP contribution in [0.5, 0.6) is 0 Å². The van der Waals surface area contributed by atoms with E-state index in [1.165, 1.54) is 6.33 Å². The zero-order chi connectivity index (χ0) is 13.6. The minimum atomic E-state index is 0.116. The number of aliphatic hydroxyl groups excluding tert-OH is 1. The largest absolute Gasteiger partial charge is 0.396 e. The summed E-state index contributed by atoms with van der Waals surface area (Å²) in [5.74, 6) is 0.814. The Bertz CT molecular complexity index is 382. The van der Waals surface area contributed by atoms with Crippen molar-refractivity contribution in [2.75, 3.05) is 18.5 Å². The summed E-state index contributed by atoms with van der Waals surface area (Å²) >= 11 is 6.04. The molecule has 0 aliphatic rings. The minimum absolute atomic E-state index is 0.116. The molecule has 1 heterocycles. The molecule has 1 rings (SSSR count). The molecule has 0 saturated heterocycles. The molecule has 5 heteroatoms. The molecule has 2 N–H and O–H groups in total. The van der Waals surface area contributed by atoms with Crippen LogP contribution in [0, 0.1) is 5.41 Å². The number of halogens is 1. The lowest BCUT2D eigenvalue weighted by atomic mass is 9.88. The van der Waals surface area contributed by atoms with Crippen molar-refractivity contribution in [1.29, 1.82) is 0 Å². The summed E-state index contributed by atoms with van der Waals surface area (Å²) in [5.41, 5.74) is 1.07. The van der Waals surface area contributed by atoms with Gasteiger partial charge in [0.05, 0.1) is 0 Å². The summed E-state index contributed by atoms with van der Waals surface area (Å²) in [4.78, 5) is 8.22. The number of aromatic nitrogens is 2. The highest BCUT2D eigenvalue weighted by molar-refractivity contribution is 6.30. The fourth-order valence-corrected chi connectivity index (χ4v) is 2.09. The van der Waals surface area contributed by atoms with Gasteiger partial charge in [0.25, 0.3) is 0 Å². The summed E-state index contributed by atoms with van der Waals surface area (Å²) in [6.07, 6.45) is 4.07. The van der Waals surface area contributed by atoms with Crippen molar-refractivity contribution >= 4 is 17.4 Å². The number of hydrogen-bond donors (Lipinski definition) is 2. The first-order valence-corrected chi connectivity index (χ1v) is 6.72. The van der Waals surface area contributed by atoms with Gasteiger partial charge in [0.1, 0.15) is 17.3 Å². The second kappa shape index (κ2) is 6.90. The predicted octanol–water partition coefficient (Wildman–Crippen LogP) is 2.90. The second-order valence-corrected chi connectivity index (χ2v) is 5.55. The molecule has 0 aromatic carbocycles. The Kier molecular flexibility index (Phi) is 5.82. The number of anilines is 1. The molecule has 0 aliphatic carbocycles. The summed E-state index contributed by atoms with van der Waals surface area (Å²) in [6.45, 7) is 7.41. The van der Waals surface area contributed by atoms with E-state index in [2.05, 4.69) is 29.1 Å². The SMILES string of the molecule is CCc1c(Cl)ncnc1NCC(C)(C)CCCO. The van der Waals surface area contributed by atoms with E-state index in [4.69, 9.17) is 16.7 Å². The molecule has 102 valence electrons. The van der Waals surface area contributed by atoms with Gasteiger partial charge in [0, 0.05) is 18.7 Å². The fraction of sp³-hybridized carbons (Fsp3) is 0.692. The van der Waals surface area contributed by atoms with Gasteiger partial charge in [-0.25, -0.2) is 9.97 Å². The van der Waals surface area contributed by atoms with Crippen LogP contribution in [0.2, 0.25) is 5.15 Å². The van der Waals surface area contributed by atoms with Gasteiger partial charge in [-0.2, -0.15) is 0 Å². The molecule has 0 amide bonds. The molecule has 0 spiro atoms. The quantitative estimate of drug-likeness (QED) is 0.749. The molecule has 1 aromatic rings. The van der Waals surface area contributed by atoms with E-state index >= 15 is 0 Å². The second-order valence-electron chi connectivity index (χ2n) is 5.19. The van der Waals surface area contributed by atoms with E-state index in [1.807, 2.05) is 6.92 Å². The van der Waals surface area contributed by atoms with E-state index in [-0.39, 0.29) is 12.0 Å². The van der Waals surface area contributed by atoms with Crippen LogP contribution >= 0.6 is 11.6 Å². The molecule has 0 aliphatic heterocycles. The van der Waals surface area contributed by atoms with E-state index in [9.17, 15) is 0 Å². The Morgan fingerprint density at radius 3 is 2.72 bits per heavy atom. The number of aliphatic hydroxyl groups is 1. The van der Waals surface area contributed by atoms with Crippen LogP contribution in [-0.4, -0.2) is 28.2 Å². The molecule has 0 unspecified atom stereocenters. The van der Waals surface area contributed by atoms with Crippen molar-refractivity contribution in [3.63, 3.8) is 0 Å². The summed E-state index contributed by atoms with van der Waals surface area (Å²) in [7, 11) is 0. The molecule has 4 nitrogen and oxygen atoms in total. The predicted molar refractivity (Wildman–Crippen MR) is 75.0 cm³/mol. The average molecular weight is 272 g/mol. The van der Waals surface area contributed by atoms with Crippen molar-refractivity contribution < 1.29 is 5.11 Å². The molecular formula is C13H22ClN3O. The van der Waals surface area contributed by atoms with E-state index in [0.29, 0.717) is 5.15 Å². The van der Waals surface area contributed by atoms with Crippen molar-refractivity contribution in [3.8, 4) is 0 Å². The minimum Gasteiger partial charge on any atom is -0.396 e. The van der Waals surface area contributed by atoms with Crippen LogP contribution in [0.3, 0.4) is 0 Å². The first-order chi connectivity index (χ1) is 8.50. The molecule has 0 bridgehead atoms. The van der Waals surface area contributed by atoms with Crippen molar-refractivity contribution in [3.05, 3.63) is 17.0 Å². The van der Waals surface area contributed by atoms with Gasteiger partial charge < -0.3 is 10.4 Å². The van der Waals surface area contributed by atoms with Crippen LogP contribution < -0.4 is 5.32 Å². The summed E-state index contributed by atoms with van der Waals surface area (Å²) in [6, 6.07) is 0. The van der Waals surface area contributed by atoms with Crippen LogP contribution in [-0.2, 0) is 6.42 Å². The standard InChI is InChI=1S/C13H22ClN3O/c1-4-10-11(14)16-9-17-12(10)15-8-13(2,3)6-5-7-18/h9,18H,4-8H2,1-3H3,(H,15,16,17). The Labute approximate surface area is 114 Å². The summed E-state index contributed by atoms with van der Waals surface area (Å²) in [5, 5.41) is 12.7. The van der Waals surface area contributed by atoms with E-state index in [1.54, 1.807) is 0 Å². The molecule has 18 heavy (non-hydrogen) atoms. The monoisotopic (exact) mass is 271 g/mol. The smallest absolute Gasteiger partial charge is 0.137 e. The fourth-order valence-electron chi connectivity index (χ4n) is 1.83. The normalized spacial score (nSPS) is 11.6. The molecular weight excluding hydrogens is 250 g/mol. The highest BCUT2D eigenvalue weighted by atomic mass is 35.5. The number of nitrogens with one attached hydrogen (secondary N) is 1. The summed E-state index contributed by atoms with van der Waals surface area (Å²) < 4.78 is 0. The third-order valence-corrected chi connectivity index (χ3v) is 3.32. The lowest BCUT2D eigenvalue weighted by molar-refractivity contribution is 0.248. The number of hydrogen-bond acceptors (Lipinski definition) is 4. The highest BCUT2D eigenvalue weighted by Gasteiger charge is 2.18. The molecule has 0 radical (unpaired) electrons. The maximum atomic E-state index is 8.87. The zero-order valence-electron chi connectivity index (χ0n) is 11.3. The van der Waals surface area contributed by atoms with Gasteiger partial charge in [-0.15, -0.1) is 0 Å². The van der Waals surface area contributed by atoms with Crippen LogP contribution in [0.4, 0.5) is 5.82 Å². The number of nitrogens with zero attached hydrogens (tertiary/aromatic N) is 2. The molecule has 0 atom stereocenters. The van der Waals surface area contributed by atoms with Crippen molar-refractivity contribution in [2.45, 2.75) is 40.0 Å². The van der Waals surface area contributed by atoms with E-state index < -0.39 is 0 Å². The van der Waals surface area contributed by atoms with Crippen LogP contribution in [0.15, 0.2) is 6.33 Å². The zero-order valence-corrected chi connectivity index (χ0v) is 12.1. The maximum absolute atomic E-state index is 8.87. The first kappa shape index (κ1) is 15.2. The third kappa shape index (κ3) is 4.42. The van der Waals surface area contributed by atoms with Crippen molar-refractivity contribution in [2.24, 2.45) is 5.41 Å². The molecule has 0 saturated carbocycles. The van der Waals surface area contributed by atoms with Gasteiger partial charge in [0.15, 0.2) is 0 Å². The van der Waals surface area contributed by atoms with Crippen molar-refractivity contribution in [1.82, 2.24) is 9.97 Å².